The van der Waals surface area contributed by atoms with Crippen molar-refractivity contribution < 1.29 is 9.53 Å². The molecule has 4 heteroatoms. The van der Waals surface area contributed by atoms with E-state index in [1.54, 1.807) is 13.8 Å². The molecule has 1 amide bonds. The average Bonchev–Trinajstić information content (AvgIpc) is 2.00. The largest absolute Gasteiger partial charge is 0.444 e. The first-order valence-electron chi connectivity index (χ1n) is 4.93. The molecule has 0 bridgehead atoms. The maximum absolute atomic E-state index is 11.3. The molecule has 0 heterocycles. The van der Waals surface area contributed by atoms with Crippen molar-refractivity contribution in [1.29, 1.82) is 0 Å². The lowest BCUT2D eigenvalue weighted by Crippen LogP contribution is -2.46. The van der Waals surface area contributed by atoms with E-state index in [1.165, 1.54) is 0 Å². The van der Waals surface area contributed by atoms with Gasteiger partial charge in [0.25, 0.3) is 0 Å². The summed E-state index contributed by atoms with van der Waals surface area (Å²) in [6.07, 6.45) is -0.469. The minimum absolute atomic E-state index is 0.229. The highest BCUT2D eigenvalue weighted by Gasteiger charge is 2.19. The first-order valence-corrected chi connectivity index (χ1v) is 4.93. The summed E-state index contributed by atoms with van der Waals surface area (Å²) >= 11 is 0. The Bertz CT molecular complexity index is 271. The highest BCUT2D eigenvalue weighted by Crippen LogP contribution is 2.06. The Labute approximate surface area is 91.6 Å². The van der Waals surface area contributed by atoms with Crippen molar-refractivity contribution in [3.8, 4) is 11.8 Å². The van der Waals surface area contributed by atoms with E-state index in [0.29, 0.717) is 0 Å². The van der Waals surface area contributed by atoms with Gasteiger partial charge in [-0.05, 0) is 34.6 Å². The molecule has 0 spiro atoms. The predicted octanol–water partition coefficient (Wildman–Crippen LogP) is 1.25. The zero-order chi connectivity index (χ0) is 12.1. The standard InChI is InChI=1S/C11H20N2O2/c1-6-7-9(12)8(2)13-10(14)15-11(3,4)5/h8-9H,12H2,1-5H3,(H,13,14)/t8-,9?/m0/s1. The Morgan fingerprint density at radius 2 is 2.00 bits per heavy atom. The highest BCUT2D eigenvalue weighted by atomic mass is 16.6. The molecule has 0 aromatic carbocycles. The van der Waals surface area contributed by atoms with E-state index < -0.39 is 11.7 Å². The lowest BCUT2D eigenvalue weighted by Gasteiger charge is -2.23. The van der Waals surface area contributed by atoms with Crippen molar-refractivity contribution in [2.45, 2.75) is 52.3 Å². The third-order valence-corrected chi connectivity index (χ3v) is 1.59. The molecule has 0 fully saturated rings. The van der Waals surface area contributed by atoms with Gasteiger partial charge < -0.3 is 15.8 Å². The molecule has 0 saturated carbocycles. The van der Waals surface area contributed by atoms with Crippen LogP contribution in [0.2, 0.25) is 0 Å². The molecule has 4 nitrogen and oxygen atoms in total. The molecule has 0 aromatic heterocycles. The summed E-state index contributed by atoms with van der Waals surface area (Å²) in [7, 11) is 0. The number of nitrogens with one attached hydrogen (secondary N) is 1. The topological polar surface area (TPSA) is 64.3 Å². The van der Waals surface area contributed by atoms with Gasteiger partial charge in [-0.1, -0.05) is 5.92 Å². The summed E-state index contributed by atoms with van der Waals surface area (Å²) in [6, 6.07) is -0.602. The summed E-state index contributed by atoms with van der Waals surface area (Å²) in [6.45, 7) is 8.92. The van der Waals surface area contributed by atoms with Crippen LogP contribution in [0.1, 0.15) is 34.6 Å². The van der Waals surface area contributed by atoms with Crippen molar-refractivity contribution in [3.63, 3.8) is 0 Å². The van der Waals surface area contributed by atoms with Gasteiger partial charge in [0.15, 0.2) is 0 Å². The molecular formula is C11H20N2O2. The molecule has 86 valence electrons. The Balaban J connectivity index is 4.11. The Hall–Kier alpha value is -1.21. The van der Waals surface area contributed by atoms with Crippen LogP contribution in [-0.4, -0.2) is 23.8 Å². The molecular weight excluding hydrogens is 192 g/mol. The molecule has 3 N–H and O–H groups in total. The van der Waals surface area contributed by atoms with Crippen LogP contribution >= 0.6 is 0 Å². The van der Waals surface area contributed by atoms with E-state index in [4.69, 9.17) is 10.5 Å². The Kier molecular flexibility index (Phi) is 5.16. The summed E-state index contributed by atoms with van der Waals surface area (Å²) in [5, 5.41) is 2.63. The molecule has 2 atom stereocenters. The lowest BCUT2D eigenvalue weighted by atomic mass is 10.1. The van der Waals surface area contributed by atoms with Crippen molar-refractivity contribution in [2.24, 2.45) is 5.73 Å². The van der Waals surface area contributed by atoms with Crippen molar-refractivity contribution in [3.05, 3.63) is 0 Å². The van der Waals surface area contributed by atoms with Gasteiger partial charge in [0, 0.05) is 0 Å². The number of carbonyl (C=O) groups is 1. The van der Waals surface area contributed by atoms with Gasteiger partial charge >= 0.3 is 6.09 Å². The molecule has 0 saturated heterocycles. The van der Waals surface area contributed by atoms with Gasteiger partial charge in [0.05, 0.1) is 12.1 Å². The second-order valence-electron chi connectivity index (χ2n) is 4.36. The fraction of sp³-hybridized carbons (Fsp3) is 0.727. The molecule has 0 aromatic rings. The Morgan fingerprint density at radius 1 is 1.47 bits per heavy atom. The Morgan fingerprint density at radius 3 is 2.40 bits per heavy atom. The molecule has 1 unspecified atom stereocenters. The average molecular weight is 212 g/mol. The number of hydrogen-bond acceptors (Lipinski definition) is 3. The molecule has 0 radical (unpaired) electrons. The second kappa shape index (κ2) is 5.62. The van der Waals surface area contributed by atoms with Crippen LogP contribution in [0.5, 0.6) is 0 Å². The van der Waals surface area contributed by atoms with E-state index in [1.807, 2.05) is 20.8 Å². The van der Waals surface area contributed by atoms with Crippen LogP contribution in [0.4, 0.5) is 4.79 Å². The first-order chi connectivity index (χ1) is 6.76. The fourth-order valence-corrected chi connectivity index (χ4v) is 0.875. The van der Waals surface area contributed by atoms with E-state index in [-0.39, 0.29) is 12.1 Å². The normalized spacial score (nSPS) is 14.5. The van der Waals surface area contributed by atoms with Crippen molar-refractivity contribution >= 4 is 6.09 Å². The van der Waals surface area contributed by atoms with Gasteiger partial charge in [-0.3, -0.25) is 0 Å². The predicted molar refractivity (Wildman–Crippen MR) is 60.3 cm³/mol. The van der Waals surface area contributed by atoms with Gasteiger partial charge in [-0.2, -0.15) is 0 Å². The number of hydrogen-bond donors (Lipinski definition) is 2. The summed E-state index contributed by atoms with van der Waals surface area (Å²) in [5.41, 5.74) is 5.20. The lowest BCUT2D eigenvalue weighted by molar-refractivity contribution is 0.0506. The molecule has 15 heavy (non-hydrogen) atoms. The molecule has 0 aliphatic heterocycles. The van der Waals surface area contributed by atoms with Crippen LogP contribution in [0.3, 0.4) is 0 Å². The van der Waals surface area contributed by atoms with E-state index in [2.05, 4.69) is 17.2 Å². The number of ether oxygens (including phenoxy) is 1. The van der Waals surface area contributed by atoms with Gasteiger partial charge in [-0.25, -0.2) is 4.79 Å². The molecule has 0 aliphatic rings. The number of alkyl carbamates (subject to hydrolysis) is 1. The minimum Gasteiger partial charge on any atom is -0.444 e. The highest BCUT2D eigenvalue weighted by molar-refractivity contribution is 5.68. The monoisotopic (exact) mass is 212 g/mol. The zero-order valence-electron chi connectivity index (χ0n) is 10.0. The molecule has 0 aliphatic carbocycles. The van der Waals surface area contributed by atoms with Gasteiger partial charge in [0.1, 0.15) is 5.60 Å². The minimum atomic E-state index is -0.496. The second-order valence-corrected chi connectivity index (χ2v) is 4.36. The number of nitrogens with two attached hydrogens (primary N) is 1. The maximum Gasteiger partial charge on any atom is 0.407 e. The van der Waals surface area contributed by atoms with E-state index >= 15 is 0 Å². The third kappa shape index (κ3) is 6.81. The number of carbonyl (C=O) groups excluding carboxylic acids is 1. The number of rotatable bonds is 2. The summed E-state index contributed by atoms with van der Waals surface area (Å²) in [5.74, 6) is 5.47. The third-order valence-electron chi connectivity index (χ3n) is 1.59. The summed E-state index contributed by atoms with van der Waals surface area (Å²) in [4.78, 5) is 11.3. The smallest absolute Gasteiger partial charge is 0.407 e. The van der Waals surface area contributed by atoms with E-state index in [9.17, 15) is 4.79 Å². The summed E-state index contributed by atoms with van der Waals surface area (Å²) < 4.78 is 5.08. The van der Waals surface area contributed by atoms with Crippen LogP contribution in [0.25, 0.3) is 0 Å². The van der Waals surface area contributed by atoms with Gasteiger partial charge in [0.2, 0.25) is 0 Å². The van der Waals surface area contributed by atoms with E-state index in [0.717, 1.165) is 0 Å². The van der Waals surface area contributed by atoms with Crippen LogP contribution in [0, 0.1) is 11.8 Å². The quantitative estimate of drug-likeness (QED) is 0.677. The molecule has 0 rings (SSSR count). The van der Waals surface area contributed by atoms with Crippen LogP contribution in [-0.2, 0) is 4.74 Å². The maximum atomic E-state index is 11.3. The van der Waals surface area contributed by atoms with Crippen LogP contribution < -0.4 is 11.1 Å². The van der Waals surface area contributed by atoms with Crippen molar-refractivity contribution in [1.82, 2.24) is 5.32 Å². The van der Waals surface area contributed by atoms with Crippen molar-refractivity contribution in [2.75, 3.05) is 0 Å². The van der Waals surface area contributed by atoms with Gasteiger partial charge in [-0.15, -0.1) is 5.92 Å². The fourth-order valence-electron chi connectivity index (χ4n) is 0.875. The van der Waals surface area contributed by atoms with Crippen LogP contribution in [0.15, 0.2) is 0 Å². The SMILES string of the molecule is CC#CC(N)[C@H](C)NC(=O)OC(C)(C)C. The zero-order valence-corrected chi connectivity index (χ0v) is 10.0. The first kappa shape index (κ1) is 13.8. The number of amides is 1.